The van der Waals surface area contributed by atoms with E-state index in [1.807, 2.05) is 0 Å². The summed E-state index contributed by atoms with van der Waals surface area (Å²) < 4.78 is 5.70. The minimum absolute atomic E-state index is 0.0569. The van der Waals surface area contributed by atoms with Crippen LogP contribution in [0.1, 0.15) is 32.1 Å². The molecule has 0 saturated carbocycles. The number of ether oxygens (including phenoxy) is 1. The number of likely N-dealkylation sites (tertiary alicyclic amines) is 1. The summed E-state index contributed by atoms with van der Waals surface area (Å²) in [6.07, 6.45) is 6.05. The Morgan fingerprint density at radius 1 is 1.14 bits per heavy atom. The number of rotatable bonds is 2. The molecule has 2 heterocycles. The fourth-order valence-corrected chi connectivity index (χ4v) is 2.34. The summed E-state index contributed by atoms with van der Waals surface area (Å²) in [5.74, 6) is 0. The van der Waals surface area contributed by atoms with Gasteiger partial charge >= 0.3 is 0 Å². The zero-order valence-electron chi connectivity index (χ0n) is 8.82. The van der Waals surface area contributed by atoms with E-state index in [0.717, 1.165) is 39.1 Å². The summed E-state index contributed by atoms with van der Waals surface area (Å²) in [4.78, 5) is 2.43. The molecule has 0 bridgehead atoms. The Bertz CT molecular complexity index is 161. The Hall–Kier alpha value is -0.120. The Morgan fingerprint density at radius 3 is 2.57 bits per heavy atom. The van der Waals surface area contributed by atoms with E-state index in [1.54, 1.807) is 0 Å². The average molecular weight is 199 g/mol. The van der Waals surface area contributed by atoms with Gasteiger partial charge in [0.1, 0.15) is 0 Å². The number of aliphatic hydroxyl groups excluding tert-OH is 1. The monoisotopic (exact) mass is 199 g/mol. The second-order valence-electron chi connectivity index (χ2n) is 4.52. The topological polar surface area (TPSA) is 32.7 Å². The summed E-state index contributed by atoms with van der Waals surface area (Å²) in [6.45, 7) is 4.11. The van der Waals surface area contributed by atoms with Crippen molar-refractivity contribution in [3.8, 4) is 0 Å². The summed E-state index contributed by atoms with van der Waals surface area (Å²) in [6, 6.07) is 0. The van der Waals surface area contributed by atoms with Gasteiger partial charge in [0.05, 0.1) is 12.2 Å². The molecule has 0 aromatic heterocycles. The average Bonchev–Trinajstić information content (AvgIpc) is 2.23. The van der Waals surface area contributed by atoms with Crippen LogP contribution in [0.2, 0.25) is 0 Å². The van der Waals surface area contributed by atoms with Gasteiger partial charge in [-0.05, 0) is 32.1 Å². The van der Waals surface area contributed by atoms with Gasteiger partial charge in [0.2, 0.25) is 0 Å². The Morgan fingerprint density at radius 2 is 1.93 bits per heavy atom. The first-order valence-corrected chi connectivity index (χ1v) is 5.86. The van der Waals surface area contributed by atoms with Gasteiger partial charge in [-0.15, -0.1) is 0 Å². The lowest BCUT2D eigenvalue weighted by molar-refractivity contribution is -0.0173. The molecule has 2 fully saturated rings. The van der Waals surface area contributed by atoms with E-state index in [9.17, 15) is 5.11 Å². The first-order valence-electron chi connectivity index (χ1n) is 5.86. The molecule has 2 rings (SSSR count). The molecule has 3 nitrogen and oxygen atoms in total. The molecular weight excluding hydrogens is 178 g/mol. The van der Waals surface area contributed by atoms with Crippen molar-refractivity contribution < 1.29 is 9.84 Å². The van der Waals surface area contributed by atoms with Crippen molar-refractivity contribution in [3.05, 3.63) is 0 Å². The van der Waals surface area contributed by atoms with E-state index in [-0.39, 0.29) is 6.10 Å². The molecule has 2 saturated heterocycles. The van der Waals surface area contributed by atoms with Crippen molar-refractivity contribution in [2.75, 3.05) is 26.2 Å². The van der Waals surface area contributed by atoms with Crippen LogP contribution in [0, 0.1) is 0 Å². The van der Waals surface area contributed by atoms with E-state index < -0.39 is 0 Å². The molecule has 2 aliphatic rings. The molecule has 0 aromatic carbocycles. The van der Waals surface area contributed by atoms with Gasteiger partial charge in [0.25, 0.3) is 0 Å². The molecule has 0 aromatic rings. The molecule has 1 atom stereocenters. The Balaban J connectivity index is 1.68. The van der Waals surface area contributed by atoms with Crippen LogP contribution in [0.15, 0.2) is 0 Å². The van der Waals surface area contributed by atoms with E-state index in [4.69, 9.17) is 4.74 Å². The molecule has 2 aliphatic heterocycles. The van der Waals surface area contributed by atoms with Gasteiger partial charge in [-0.25, -0.2) is 0 Å². The Kier molecular flexibility index (Phi) is 3.79. The standard InChI is InChI=1S/C11H21NO2/c13-10-4-6-12(7-5-10)9-11-3-1-2-8-14-11/h10-11,13H,1-9H2. The highest BCUT2D eigenvalue weighted by Gasteiger charge is 2.21. The van der Waals surface area contributed by atoms with E-state index in [0.29, 0.717) is 6.10 Å². The van der Waals surface area contributed by atoms with Crippen LogP contribution in [0.25, 0.3) is 0 Å². The number of nitrogens with zero attached hydrogens (tertiary/aromatic N) is 1. The van der Waals surface area contributed by atoms with Crippen LogP contribution >= 0.6 is 0 Å². The van der Waals surface area contributed by atoms with E-state index in [2.05, 4.69) is 4.90 Å². The van der Waals surface area contributed by atoms with E-state index >= 15 is 0 Å². The summed E-state index contributed by atoms with van der Waals surface area (Å²) in [5, 5.41) is 9.37. The Labute approximate surface area is 86.0 Å². The highest BCUT2D eigenvalue weighted by atomic mass is 16.5. The quantitative estimate of drug-likeness (QED) is 0.720. The predicted octanol–water partition coefficient (Wildman–Crippen LogP) is 1.01. The third-order valence-corrected chi connectivity index (χ3v) is 3.29. The van der Waals surface area contributed by atoms with Crippen LogP contribution < -0.4 is 0 Å². The summed E-state index contributed by atoms with van der Waals surface area (Å²) in [7, 11) is 0. The third kappa shape index (κ3) is 2.94. The maximum Gasteiger partial charge on any atom is 0.0702 e. The van der Waals surface area contributed by atoms with Crippen LogP contribution in [-0.2, 0) is 4.74 Å². The van der Waals surface area contributed by atoms with Crippen LogP contribution in [0.4, 0.5) is 0 Å². The lowest BCUT2D eigenvalue weighted by Gasteiger charge is -2.33. The van der Waals surface area contributed by atoms with Crippen molar-refractivity contribution in [3.63, 3.8) is 0 Å². The highest BCUT2D eigenvalue weighted by molar-refractivity contribution is 4.75. The second-order valence-corrected chi connectivity index (χ2v) is 4.52. The van der Waals surface area contributed by atoms with Crippen molar-refractivity contribution in [1.82, 2.24) is 4.90 Å². The normalized spacial score (nSPS) is 31.9. The molecule has 1 N–H and O–H groups in total. The number of hydrogen-bond acceptors (Lipinski definition) is 3. The predicted molar refractivity (Wildman–Crippen MR) is 55.3 cm³/mol. The molecule has 0 amide bonds. The molecule has 3 heteroatoms. The van der Waals surface area contributed by atoms with E-state index in [1.165, 1.54) is 19.3 Å². The fraction of sp³-hybridized carbons (Fsp3) is 1.00. The largest absolute Gasteiger partial charge is 0.393 e. The van der Waals surface area contributed by atoms with Crippen LogP contribution in [-0.4, -0.2) is 48.5 Å². The van der Waals surface area contributed by atoms with Gasteiger partial charge in [-0.3, -0.25) is 0 Å². The molecular formula is C11H21NO2. The van der Waals surface area contributed by atoms with Crippen molar-refractivity contribution in [2.45, 2.75) is 44.3 Å². The highest BCUT2D eigenvalue weighted by Crippen LogP contribution is 2.16. The van der Waals surface area contributed by atoms with Gasteiger partial charge in [-0.1, -0.05) is 0 Å². The minimum Gasteiger partial charge on any atom is -0.393 e. The van der Waals surface area contributed by atoms with Gasteiger partial charge in [0, 0.05) is 26.2 Å². The summed E-state index contributed by atoms with van der Waals surface area (Å²) >= 11 is 0. The molecule has 0 radical (unpaired) electrons. The maximum atomic E-state index is 9.37. The van der Waals surface area contributed by atoms with Crippen LogP contribution in [0.5, 0.6) is 0 Å². The van der Waals surface area contributed by atoms with Gasteiger partial charge in [0.15, 0.2) is 0 Å². The van der Waals surface area contributed by atoms with Crippen molar-refractivity contribution in [1.29, 1.82) is 0 Å². The molecule has 1 unspecified atom stereocenters. The lowest BCUT2D eigenvalue weighted by Crippen LogP contribution is -2.41. The molecule has 0 spiro atoms. The number of piperidine rings is 1. The SMILES string of the molecule is OC1CCN(CC2CCCCO2)CC1. The minimum atomic E-state index is -0.0569. The lowest BCUT2D eigenvalue weighted by atomic mass is 10.1. The summed E-state index contributed by atoms with van der Waals surface area (Å²) in [5.41, 5.74) is 0. The molecule has 14 heavy (non-hydrogen) atoms. The van der Waals surface area contributed by atoms with Crippen molar-refractivity contribution in [2.24, 2.45) is 0 Å². The fourth-order valence-electron chi connectivity index (χ4n) is 2.34. The first-order chi connectivity index (χ1) is 6.84. The number of aliphatic hydroxyl groups is 1. The zero-order valence-corrected chi connectivity index (χ0v) is 8.82. The third-order valence-electron chi connectivity index (χ3n) is 3.29. The van der Waals surface area contributed by atoms with Gasteiger partial charge in [-0.2, -0.15) is 0 Å². The zero-order chi connectivity index (χ0) is 9.80. The van der Waals surface area contributed by atoms with Crippen LogP contribution in [0.3, 0.4) is 0 Å². The number of hydrogen-bond donors (Lipinski definition) is 1. The first kappa shape index (κ1) is 10.4. The van der Waals surface area contributed by atoms with Crippen molar-refractivity contribution >= 4 is 0 Å². The van der Waals surface area contributed by atoms with Gasteiger partial charge < -0.3 is 14.7 Å². The maximum absolute atomic E-state index is 9.37. The smallest absolute Gasteiger partial charge is 0.0702 e. The molecule has 82 valence electrons. The molecule has 0 aliphatic carbocycles. The second kappa shape index (κ2) is 5.10.